The van der Waals surface area contributed by atoms with E-state index in [2.05, 4.69) is 12.1 Å². The highest BCUT2D eigenvalue weighted by atomic mass is 16.7. The average molecular weight is 395 g/mol. The lowest BCUT2D eigenvalue weighted by molar-refractivity contribution is -0.150. The number of fused-ring (bicyclic) bond motifs is 1. The Hall–Kier alpha value is -1.91. The summed E-state index contributed by atoms with van der Waals surface area (Å²) in [7, 11) is 1.63. The van der Waals surface area contributed by atoms with E-state index in [1.807, 2.05) is 25.1 Å². The molecule has 1 atom stereocenters. The highest BCUT2D eigenvalue weighted by molar-refractivity contribution is 5.90. The number of carbonyl (C=O) groups excluding carboxylic acids is 1. The first-order valence-electron chi connectivity index (χ1n) is 10.9. The highest BCUT2D eigenvalue weighted by Crippen LogP contribution is 2.62. The van der Waals surface area contributed by atoms with Crippen molar-refractivity contribution >= 4 is 17.1 Å². The molecule has 4 bridgehead atoms. The molecule has 0 saturated heterocycles. The Morgan fingerprint density at radius 3 is 2.34 bits per heavy atom. The van der Waals surface area contributed by atoms with Crippen LogP contribution in [0.2, 0.25) is 0 Å². The fourth-order valence-electron chi connectivity index (χ4n) is 6.60. The summed E-state index contributed by atoms with van der Waals surface area (Å²) >= 11 is 0. The summed E-state index contributed by atoms with van der Waals surface area (Å²) < 4.78 is 17.0. The number of carbonyl (C=O) groups is 1. The molecule has 2 aromatic rings. The molecule has 4 heteroatoms. The van der Waals surface area contributed by atoms with E-state index in [0.29, 0.717) is 0 Å². The Bertz CT molecular complexity index is 883. The Morgan fingerprint density at radius 2 is 1.72 bits per heavy atom. The van der Waals surface area contributed by atoms with Gasteiger partial charge in [-0.15, -0.1) is 0 Å². The molecule has 0 spiro atoms. The van der Waals surface area contributed by atoms with Crippen molar-refractivity contribution in [1.29, 1.82) is 0 Å². The zero-order chi connectivity index (χ0) is 20.0. The Labute approximate surface area is 172 Å². The SMILES string of the molecule is COC(C)OCOc1cc2ccc(C=O)cc2cc1C12CC3CC(CC(C3)C1)C2. The van der Waals surface area contributed by atoms with E-state index in [9.17, 15) is 4.79 Å². The number of methoxy groups -OCH3 is 1. The molecule has 29 heavy (non-hydrogen) atoms. The minimum absolute atomic E-state index is 0.173. The zero-order valence-corrected chi connectivity index (χ0v) is 17.4. The van der Waals surface area contributed by atoms with Gasteiger partial charge in [0.15, 0.2) is 13.1 Å². The minimum atomic E-state index is -0.298. The van der Waals surface area contributed by atoms with Gasteiger partial charge in [0.05, 0.1) is 0 Å². The first-order valence-corrected chi connectivity index (χ1v) is 10.9. The summed E-state index contributed by atoms with van der Waals surface area (Å²) in [5, 5.41) is 2.22. The van der Waals surface area contributed by atoms with Crippen molar-refractivity contribution in [1.82, 2.24) is 0 Å². The number of hydrogen-bond donors (Lipinski definition) is 0. The summed E-state index contributed by atoms with van der Waals surface area (Å²) in [6.45, 7) is 2.04. The van der Waals surface area contributed by atoms with Crippen molar-refractivity contribution in [2.24, 2.45) is 17.8 Å². The molecule has 0 amide bonds. The molecular weight excluding hydrogens is 364 g/mol. The van der Waals surface area contributed by atoms with Crippen LogP contribution in [0.3, 0.4) is 0 Å². The third-order valence-corrected chi connectivity index (χ3v) is 7.56. The van der Waals surface area contributed by atoms with E-state index in [1.54, 1.807) is 7.11 Å². The van der Waals surface area contributed by atoms with Crippen LogP contribution in [-0.2, 0) is 14.9 Å². The number of rotatable bonds is 7. The van der Waals surface area contributed by atoms with Crippen LogP contribution in [0.15, 0.2) is 30.3 Å². The van der Waals surface area contributed by atoms with Gasteiger partial charge in [0.1, 0.15) is 12.0 Å². The van der Waals surface area contributed by atoms with Crippen LogP contribution in [0.4, 0.5) is 0 Å². The van der Waals surface area contributed by atoms with Crippen molar-refractivity contribution in [3.05, 3.63) is 41.5 Å². The molecule has 4 aliphatic carbocycles. The number of aldehydes is 1. The lowest BCUT2D eigenvalue weighted by atomic mass is 9.48. The fraction of sp³-hybridized carbons (Fsp3) is 0.560. The van der Waals surface area contributed by atoms with Gasteiger partial charge in [0, 0.05) is 18.2 Å². The van der Waals surface area contributed by atoms with Crippen LogP contribution in [0, 0.1) is 17.8 Å². The lowest BCUT2D eigenvalue weighted by Gasteiger charge is -2.57. The van der Waals surface area contributed by atoms with Crippen molar-refractivity contribution < 1.29 is 19.0 Å². The zero-order valence-electron chi connectivity index (χ0n) is 17.4. The number of ether oxygens (including phenoxy) is 3. The van der Waals surface area contributed by atoms with E-state index in [1.165, 1.54) is 44.1 Å². The van der Waals surface area contributed by atoms with Crippen molar-refractivity contribution in [2.45, 2.75) is 57.2 Å². The molecule has 6 rings (SSSR count). The third-order valence-electron chi connectivity index (χ3n) is 7.56. The predicted octanol–water partition coefficient (Wildman–Crippen LogP) is 5.47. The summed E-state index contributed by atoms with van der Waals surface area (Å²) in [6.07, 6.45) is 8.66. The maximum Gasteiger partial charge on any atom is 0.191 e. The average Bonchev–Trinajstić information content (AvgIpc) is 2.71. The van der Waals surface area contributed by atoms with Crippen LogP contribution in [-0.4, -0.2) is 26.5 Å². The summed E-state index contributed by atoms with van der Waals surface area (Å²) in [5.41, 5.74) is 2.25. The smallest absolute Gasteiger partial charge is 0.191 e. The van der Waals surface area contributed by atoms with E-state index in [0.717, 1.165) is 46.1 Å². The number of hydrogen-bond acceptors (Lipinski definition) is 4. The van der Waals surface area contributed by atoms with Gasteiger partial charge < -0.3 is 14.2 Å². The topological polar surface area (TPSA) is 44.8 Å². The van der Waals surface area contributed by atoms with Gasteiger partial charge in [0.25, 0.3) is 0 Å². The van der Waals surface area contributed by atoms with Crippen LogP contribution >= 0.6 is 0 Å². The summed E-state index contributed by atoms with van der Waals surface area (Å²) in [5.74, 6) is 3.50. The third kappa shape index (κ3) is 3.47. The Balaban J connectivity index is 1.55. The van der Waals surface area contributed by atoms with E-state index in [-0.39, 0.29) is 18.5 Å². The molecule has 4 saturated carbocycles. The van der Waals surface area contributed by atoms with Crippen LogP contribution < -0.4 is 4.74 Å². The second kappa shape index (κ2) is 7.41. The predicted molar refractivity (Wildman–Crippen MR) is 112 cm³/mol. The highest BCUT2D eigenvalue weighted by Gasteiger charge is 2.52. The van der Waals surface area contributed by atoms with Gasteiger partial charge in [-0.05, 0) is 97.6 Å². The quantitative estimate of drug-likeness (QED) is 0.462. The van der Waals surface area contributed by atoms with Gasteiger partial charge in [-0.2, -0.15) is 0 Å². The van der Waals surface area contributed by atoms with Crippen LogP contribution in [0.5, 0.6) is 5.75 Å². The molecule has 0 aliphatic heterocycles. The lowest BCUT2D eigenvalue weighted by Crippen LogP contribution is -2.48. The molecule has 4 nitrogen and oxygen atoms in total. The maximum atomic E-state index is 11.3. The fourth-order valence-corrected chi connectivity index (χ4v) is 6.60. The Kier molecular flexibility index (Phi) is 4.87. The van der Waals surface area contributed by atoms with Crippen LogP contribution in [0.25, 0.3) is 10.8 Å². The molecule has 2 aromatic carbocycles. The molecule has 0 N–H and O–H groups in total. The van der Waals surface area contributed by atoms with Gasteiger partial charge in [-0.1, -0.05) is 12.1 Å². The first kappa shape index (κ1) is 19.1. The largest absolute Gasteiger partial charge is 0.467 e. The monoisotopic (exact) mass is 394 g/mol. The van der Waals surface area contributed by atoms with Gasteiger partial charge in [-0.25, -0.2) is 0 Å². The molecule has 1 unspecified atom stereocenters. The van der Waals surface area contributed by atoms with Crippen molar-refractivity contribution in [2.75, 3.05) is 13.9 Å². The number of benzene rings is 2. The molecule has 4 fully saturated rings. The standard InChI is InChI=1S/C25H30O4/c1-16(27-2)28-15-29-24-10-21-4-3-17(14-26)8-22(21)9-23(24)25-11-18-5-19(12-25)7-20(6-18)13-25/h3-4,8-10,14,16,18-20H,5-7,11-13,15H2,1-2H3. The first-order chi connectivity index (χ1) is 14.1. The van der Waals surface area contributed by atoms with Gasteiger partial charge in [-0.3, -0.25) is 4.79 Å². The van der Waals surface area contributed by atoms with Gasteiger partial charge >= 0.3 is 0 Å². The van der Waals surface area contributed by atoms with Gasteiger partial charge in [0.2, 0.25) is 0 Å². The molecule has 154 valence electrons. The second-order valence-corrected chi connectivity index (χ2v) is 9.50. The maximum absolute atomic E-state index is 11.3. The second-order valence-electron chi connectivity index (χ2n) is 9.50. The molecule has 0 aromatic heterocycles. The molecule has 0 heterocycles. The van der Waals surface area contributed by atoms with Crippen LogP contribution in [0.1, 0.15) is 61.4 Å². The van der Waals surface area contributed by atoms with E-state index < -0.39 is 0 Å². The summed E-state index contributed by atoms with van der Waals surface area (Å²) in [6, 6.07) is 10.3. The van der Waals surface area contributed by atoms with Crippen molar-refractivity contribution in [3.63, 3.8) is 0 Å². The van der Waals surface area contributed by atoms with E-state index in [4.69, 9.17) is 14.2 Å². The Morgan fingerprint density at radius 1 is 1.03 bits per heavy atom. The van der Waals surface area contributed by atoms with E-state index >= 15 is 0 Å². The molecule has 0 radical (unpaired) electrons. The minimum Gasteiger partial charge on any atom is -0.467 e. The molecular formula is C25H30O4. The van der Waals surface area contributed by atoms with Crippen molar-refractivity contribution in [3.8, 4) is 5.75 Å². The normalized spacial score (nSPS) is 31.2. The molecule has 4 aliphatic rings. The summed E-state index contributed by atoms with van der Waals surface area (Å²) in [4.78, 5) is 11.3.